The van der Waals surface area contributed by atoms with Gasteiger partial charge in [-0.3, -0.25) is 0 Å². The van der Waals surface area contributed by atoms with Crippen molar-refractivity contribution < 1.29 is 4.74 Å². The number of hydrogen-bond donors (Lipinski definition) is 1. The number of rotatable bonds is 3. The summed E-state index contributed by atoms with van der Waals surface area (Å²) in [6.45, 7) is 2.60. The number of nitrogens with zero attached hydrogens (tertiary/aromatic N) is 2. The van der Waals surface area contributed by atoms with Crippen molar-refractivity contribution in [1.29, 1.82) is 0 Å². The Kier molecular flexibility index (Phi) is 3.16. The van der Waals surface area contributed by atoms with Crippen LogP contribution in [0.25, 0.3) is 0 Å². The first-order valence-electron chi connectivity index (χ1n) is 4.65. The molecule has 14 heavy (non-hydrogen) atoms. The Bertz CT molecular complexity index is 285. The largest absolute Gasteiger partial charge is 0.381 e. The quantitative estimate of drug-likeness (QED) is 0.828. The SMILES string of the molecule is Clc1ccc(NCC2CCOC2)nn1. The van der Waals surface area contributed by atoms with Crippen molar-refractivity contribution in [3.05, 3.63) is 17.3 Å². The van der Waals surface area contributed by atoms with E-state index in [1.807, 2.05) is 6.07 Å². The fourth-order valence-electron chi connectivity index (χ4n) is 1.40. The predicted molar refractivity (Wildman–Crippen MR) is 54.5 cm³/mol. The van der Waals surface area contributed by atoms with Crippen LogP contribution in [0.3, 0.4) is 0 Å². The van der Waals surface area contributed by atoms with Crippen molar-refractivity contribution in [1.82, 2.24) is 10.2 Å². The second kappa shape index (κ2) is 4.57. The van der Waals surface area contributed by atoms with Crippen LogP contribution in [0.15, 0.2) is 12.1 Å². The van der Waals surface area contributed by atoms with Crippen LogP contribution in [0.5, 0.6) is 0 Å². The Labute approximate surface area is 87.6 Å². The minimum Gasteiger partial charge on any atom is -0.381 e. The van der Waals surface area contributed by atoms with Crippen molar-refractivity contribution >= 4 is 17.4 Å². The van der Waals surface area contributed by atoms with Crippen LogP contribution in [0.2, 0.25) is 5.15 Å². The molecule has 2 heterocycles. The molecule has 0 spiro atoms. The van der Waals surface area contributed by atoms with Gasteiger partial charge in [-0.15, -0.1) is 10.2 Å². The van der Waals surface area contributed by atoms with Gasteiger partial charge in [0.05, 0.1) is 6.61 Å². The van der Waals surface area contributed by atoms with Gasteiger partial charge in [-0.2, -0.15) is 0 Å². The molecule has 1 N–H and O–H groups in total. The van der Waals surface area contributed by atoms with Gasteiger partial charge in [0, 0.05) is 19.1 Å². The third kappa shape index (κ3) is 2.56. The molecule has 1 saturated heterocycles. The molecule has 1 unspecified atom stereocenters. The lowest BCUT2D eigenvalue weighted by molar-refractivity contribution is 0.187. The standard InChI is InChI=1S/C9H12ClN3O/c10-8-1-2-9(13-12-8)11-5-7-3-4-14-6-7/h1-2,7H,3-6H2,(H,11,13). The maximum Gasteiger partial charge on any atom is 0.151 e. The highest BCUT2D eigenvalue weighted by Crippen LogP contribution is 2.13. The first-order valence-corrected chi connectivity index (χ1v) is 5.03. The van der Waals surface area contributed by atoms with Crippen molar-refractivity contribution in [3.63, 3.8) is 0 Å². The van der Waals surface area contributed by atoms with E-state index in [0.717, 1.165) is 32.0 Å². The molecule has 1 aliphatic rings. The number of hydrogen-bond acceptors (Lipinski definition) is 4. The third-order valence-electron chi connectivity index (χ3n) is 2.23. The average molecular weight is 214 g/mol. The normalized spacial score (nSPS) is 21.1. The van der Waals surface area contributed by atoms with Crippen LogP contribution in [-0.2, 0) is 4.74 Å². The summed E-state index contributed by atoms with van der Waals surface area (Å²) in [4.78, 5) is 0. The predicted octanol–water partition coefficient (Wildman–Crippen LogP) is 1.58. The van der Waals surface area contributed by atoms with Crippen LogP contribution in [-0.4, -0.2) is 30.0 Å². The Morgan fingerprint density at radius 2 is 2.43 bits per heavy atom. The molecular weight excluding hydrogens is 202 g/mol. The van der Waals surface area contributed by atoms with E-state index in [0.29, 0.717) is 11.1 Å². The molecule has 4 nitrogen and oxygen atoms in total. The maximum absolute atomic E-state index is 5.62. The highest BCUT2D eigenvalue weighted by Gasteiger charge is 2.14. The molecule has 0 aliphatic carbocycles. The summed E-state index contributed by atoms with van der Waals surface area (Å²) in [5.74, 6) is 1.36. The third-order valence-corrected chi connectivity index (χ3v) is 2.43. The number of anilines is 1. The highest BCUT2D eigenvalue weighted by atomic mass is 35.5. The van der Waals surface area contributed by atoms with Crippen LogP contribution in [0.1, 0.15) is 6.42 Å². The second-order valence-corrected chi connectivity index (χ2v) is 3.74. The monoisotopic (exact) mass is 213 g/mol. The lowest BCUT2D eigenvalue weighted by Crippen LogP contribution is -2.14. The van der Waals surface area contributed by atoms with Gasteiger partial charge >= 0.3 is 0 Å². The zero-order valence-electron chi connectivity index (χ0n) is 7.74. The maximum atomic E-state index is 5.62. The molecule has 1 aliphatic heterocycles. The van der Waals surface area contributed by atoms with E-state index in [4.69, 9.17) is 16.3 Å². The summed E-state index contributed by atoms with van der Waals surface area (Å²) in [7, 11) is 0. The fraction of sp³-hybridized carbons (Fsp3) is 0.556. The Hall–Kier alpha value is -0.870. The highest BCUT2D eigenvalue weighted by molar-refractivity contribution is 6.29. The minimum absolute atomic E-state index is 0.416. The zero-order valence-corrected chi connectivity index (χ0v) is 8.50. The van der Waals surface area contributed by atoms with Gasteiger partial charge in [0.25, 0.3) is 0 Å². The van der Waals surface area contributed by atoms with E-state index >= 15 is 0 Å². The second-order valence-electron chi connectivity index (χ2n) is 3.35. The summed E-state index contributed by atoms with van der Waals surface area (Å²) in [6, 6.07) is 3.55. The Morgan fingerprint density at radius 1 is 1.50 bits per heavy atom. The zero-order chi connectivity index (χ0) is 9.80. The van der Waals surface area contributed by atoms with E-state index in [-0.39, 0.29) is 0 Å². The Balaban J connectivity index is 1.82. The van der Waals surface area contributed by atoms with Crippen LogP contribution in [0, 0.1) is 5.92 Å². The number of halogens is 1. The van der Waals surface area contributed by atoms with Gasteiger partial charge < -0.3 is 10.1 Å². The van der Waals surface area contributed by atoms with Gasteiger partial charge in [0.15, 0.2) is 5.15 Å². The van der Waals surface area contributed by atoms with Crippen LogP contribution >= 0.6 is 11.6 Å². The van der Waals surface area contributed by atoms with Crippen molar-refractivity contribution in [3.8, 4) is 0 Å². The first-order chi connectivity index (χ1) is 6.84. The van der Waals surface area contributed by atoms with Crippen LogP contribution < -0.4 is 5.32 Å². The molecular formula is C9H12ClN3O. The van der Waals surface area contributed by atoms with Crippen LogP contribution in [0.4, 0.5) is 5.82 Å². The molecule has 0 saturated carbocycles. The lowest BCUT2D eigenvalue weighted by atomic mass is 10.1. The van der Waals surface area contributed by atoms with Gasteiger partial charge in [-0.1, -0.05) is 11.6 Å². The molecule has 1 aromatic heterocycles. The summed E-state index contributed by atoms with van der Waals surface area (Å²) < 4.78 is 5.27. The average Bonchev–Trinajstić information content (AvgIpc) is 2.70. The van der Waals surface area contributed by atoms with E-state index in [1.54, 1.807) is 6.07 Å². The van der Waals surface area contributed by atoms with Gasteiger partial charge in [-0.25, -0.2) is 0 Å². The molecule has 0 aromatic carbocycles. The number of ether oxygens (including phenoxy) is 1. The van der Waals surface area contributed by atoms with Crippen molar-refractivity contribution in [2.45, 2.75) is 6.42 Å². The number of nitrogens with one attached hydrogen (secondary N) is 1. The summed E-state index contributed by atoms with van der Waals surface area (Å²) in [6.07, 6.45) is 1.12. The summed E-state index contributed by atoms with van der Waals surface area (Å²) in [5.41, 5.74) is 0. The topological polar surface area (TPSA) is 47.0 Å². The van der Waals surface area contributed by atoms with Gasteiger partial charge in [0.2, 0.25) is 0 Å². The van der Waals surface area contributed by atoms with E-state index in [9.17, 15) is 0 Å². The van der Waals surface area contributed by atoms with E-state index < -0.39 is 0 Å². The van der Waals surface area contributed by atoms with E-state index in [1.165, 1.54) is 0 Å². The molecule has 0 bridgehead atoms. The molecule has 2 rings (SSSR count). The molecule has 76 valence electrons. The van der Waals surface area contributed by atoms with Crippen molar-refractivity contribution in [2.75, 3.05) is 25.1 Å². The molecule has 0 radical (unpaired) electrons. The summed E-state index contributed by atoms with van der Waals surface area (Å²) in [5, 5.41) is 11.3. The lowest BCUT2D eigenvalue weighted by Gasteiger charge is -2.08. The van der Waals surface area contributed by atoms with Gasteiger partial charge in [0.1, 0.15) is 5.82 Å². The summed E-state index contributed by atoms with van der Waals surface area (Å²) >= 11 is 5.62. The first kappa shape index (κ1) is 9.68. The molecule has 1 aromatic rings. The molecule has 5 heteroatoms. The van der Waals surface area contributed by atoms with Crippen molar-refractivity contribution in [2.24, 2.45) is 5.92 Å². The fourth-order valence-corrected chi connectivity index (χ4v) is 1.50. The van der Waals surface area contributed by atoms with E-state index in [2.05, 4.69) is 15.5 Å². The minimum atomic E-state index is 0.416. The molecule has 1 atom stereocenters. The molecule has 1 fully saturated rings. The van der Waals surface area contributed by atoms with Gasteiger partial charge in [-0.05, 0) is 18.6 Å². The number of aromatic nitrogens is 2. The smallest absolute Gasteiger partial charge is 0.151 e. The Morgan fingerprint density at radius 3 is 3.07 bits per heavy atom. The molecule has 0 amide bonds.